The minimum atomic E-state index is -3.56. The lowest BCUT2D eigenvalue weighted by molar-refractivity contribution is 0.586. The lowest BCUT2D eigenvalue weighted by atomic mass is 10.3. The second-order valence-electron chi connectivity index (χ2n) is 5.64. The van der Waals surface area contributed by atoms with Crippen molar-refractivity contribution in [2.24, 2.45) is 15.2 Å². The molecule has 26 heavy (non-hydrogen) atoms. The van der Waals surface area contributed by atoms with Crippen LogP contribution in [0.15, 0.2) is 68.6 Å². The highest BCUT2D eigenvalue weighted by molar-refractivity contribution is 7.89. The first-order valence-electron chi connectivity index (χ1n) is 8.19. The summed E-state index contributed by atoms with van der Waals surface area (Å²) in [6.45, 7) is 2.68. The summed E-state index contributed by atoms with van der Waals surface area (Å²) in [6.07, 6.45) is 1.54. The molecule has 8 heteroatoms. The van der Waals surface area contributed by atoms with E-state index in [2.05, 4.69) is 19.9 Å². The Hall–Kier alpha value is -2.58. The molecule has 2 aromatic carbocycles. The lowest BCUT2D eigenvalue weighted by Crippen LogP contribution is -2.25. The molecule has 0 spiro atoms. The normalized spacial score (nSPS) is 12.1. The zero-order valence-electron chi connectivity index (χ0n) is 15.1. The topological polar surface area (TPSA) is 86.5 Å². The van der Waals surface area contributed by atoms with Crippen LogP contribution in [0.25, 0.3) is 0 Å². The second-order valence-corrected chi connectivity index (χ2v) is 7.40. The van der Waals surface area contributed by atoms with Gasteiger partial charge in [-0.25, -0.2) is 13.1 Å². The summed E-state index contributed by atoms with van der Waals surface area (Å²) in [6, 6.07) is 13.9. The first-order valence-corrected chi connectivity index (χ1v) is 9.68. The lowest BCUT2D eigenvalue weighted by Gasteiger charge is -2.11. The minimum absolute atomic E-state index is 0.167. The highest BCUT2D eigenvalue weighted by Gasteiger charge is 2.12. The van der Waals surface area contributed by atoms with E-state index in [1.54, 1.807) is 18.3 Å². The predicted molar refractivity (Wildman–Crippen MR) is 106 cm³/mol. The molecular formula is C18H23N5O2S. The maximum Gasteiger partial charge on any atom is 0.240 e. The molecule has 1 N–H and O–H groups in total. The van der Waals surface area contributed by atoms with Gasteiger partial charge in [-0.15, -0.1) is 0 Å². The minimum Gasteiger partial charge on any atom is -0.378 e. The Morgan fingerprint density at radius 3 is 2.00 bits per heavy atom. The van der Waals surface area contributed by atoms with Gasteiger partial charge in [0.05, 0.1) is 16.3 Å². The molecule has 0 heterocycles. The number of nitrogens with one attached hydrogen (secondary N) is 1. The second kappa shape index (κ2) is 9.21. The molecule has 0 amide bonds. The molecule has 0 unspecified atom stereocenters. The maximum absolute atomic E-state index is 12.1. The van der Waals surface area contributed by atoms with E-state index in [0.29, 0.717) is 12.2 Å². The van der Waals surface area contributed by atoms with E-state index < -0.39 is 10.0 Å². The van der Waals surface area contributed by atoms with Gasteiger partial charge in [0.1, 0.15) is 0 Å². The Morgan fingerprint density at radius 1 is 0.962 bits per heavy atom. The molecule has 0 radical (unpaired) electrons. The third-order valence-electron chi connectivity index (χ3n) is 3.47. The van der Waals surface area contributed by atoms with E-state index in [4.69, 9.17) is 0 Å². The van der Waals surface area contributed by atoms with Gasteiger partial charge < -0.3 is 4.90 Å². The summed E-state index contributed by atoms with van der Waals surface area (Å²) >= 11 is 0. The Morgan fingerprint density at radius 2 is 1.50 bits per heavy atom. The van der Waals surface area contributed by atoms with Gasteiger partial charge >= 0.3 is 0 Å². The van der Waals surface area contributed by atoms with E-state index in [1.807, 2.05) is 50.2 Å². The van der Waals surface area contributed by atoms with Gasteiger partial charge in [-0.3, -0.25) is 4.99 Å². The van der Waals surface area contributed by atoms with Gasteiger partial charge in [-0.1, -0.05) is 0 Å². The molecule has 0 fully saturated rings. The van der Waals surface area contributed by atoms with Crippen molar-refractivity contribution < 1.29 is 8.42 Å². The Bertz CT molecular complexity index is 857. The molecule has 2 aromatic rings. The largest absolute Gasteiger partial charge is 0.378 e. The summed E-state index contributed by atoms with van der Waals surface area (Å²) in [5.74, 6) is 0. The van der Waals surface area contributed by atoms with Crippen LogP contribution in [0.5, 0.6) is 0 Å². The summed E-state index contributed by atoms with van der Waals surface area (Å²) < 4.78 is 26.8. The average Bonchev–Trinajstić information content (AvgIpc) is 2.64. The van der Waals surface area contributed by atoms with Crippen LogP contribution in [-0.2, 0) is 10.0 Å². The molecule has 0 saturated carbocycles. The molecule has 7 nitrogen and oxygen atoms in total. The highest BCUT2D eigenvalue weighted by atomic mass is 32.2. The number of nitrogens with zero attached hydrogens (tertiary/aromatic N) is 4. The van der Waals surface area contributed by atoms with Gasteiger partial charge in [0.25, 0.3) is 0 Å². The van der Waals surface area contributed by atoms with Crippen molar-refractivity contribution in [3.63, 3.8) is 0 Å². The molecule has 0 aliphatic heterocycles. The monoisotopic (exact) mass is 373 g/mol. The van der Waals surface area contributed by atoms with Crippen LogP contribution < -0.4 is 9.62 Å². The number of benzene rings is 2. The Balaban J connectivity index is 2.03. The SMILES string of the molecule is CCN=CCNS(=O)(=O)c1ccc(N=Nc2ccc(N(C)C)cc2)cc1. The van der Waals surface area contributed by atoms with Gasteiger partial charge in [0, 0.05) is 39.1 Å². The molecular weight excluding hydrogens is 350 g/mol. The standard InChI is InChI=1S/C18H23N5O2S/c1-4-19-13-14-20-26(24,25)18-11-7-16(8-12-18)22-21-15-5-9-17(10-6-15)23(2)3/h5-13,20H,4,14H2,1-3H3. The molecule has 2 rings (SSSR count). The predicted octanol–water partition coefficient (Wildman–Crippen LogP) is 3.54. The van der Waals surface area contributed by atoms with Crippen molar-refractivity contribution in [2.45, 2.75) is 11.8 Å². The quantitative estimate of drug-likeness (QED) is 0.567. The molecule has 138 valence electrons. The van der Waals surface area contributed by atoms with Crippen LogP contribution >= 0.6 is 0 Å². The van der Waals surface area contributed by atoms with E-state index in [9.17, 15) is 8.42 Å². The molecule has 0 atom stereocenters. The maximum atomic E-state index is 12.1. The van der Waals surface area contributed by atoms with Crippen LogP contribution in [0.2, 0.25) is 0 Å². The van der Waals surface area contributed by atoms with Crippen molar-refractivity contribution >= 4 is 33.3 Å². The molecule has 0 aliphatic rings. The average molecular weight is 373 g/mol. The van der Waals surface area contributed by atoms with Crippen LogP contribution in [0.1, 0.15) is 6.92 Å². The highest BCUT2D eigenvalue weighted by Crippen LogP contribution is 2.22. The van der Waals surface area contributed by atoms with Crippen molar-refractivity contribution in [1.82, 2.24) is 4.72 Å². The van der Waals surface area contributed by atoms with E-state index in [-0.39, 0.29) is 11.4 Å². The summed E-state index contributed by atoms with van der Waals surface area (Å²) in [5, 5.41) is 8.30. The fourth-order valence-corrected chi connectivity index (χ4v) is 3.00. The van der Waals surface area contributed by atoms with Crippen LogP contribution in [0.3, 0.4) is 0 Å². The van der Waals surface area contributed by atoms with Crippen molar-refractivity contribution in [3.8, 4) is 0 Å². The zero-order valence-corrected chi connectivity index (χ0v) is 15.9. The fourth-order valence-electron chi connectivity index (χ4n) is 2.05. The first kappa shape index (κ1) is 19.7. The van der Waals surface area contributed by atoms with Crippen LogP contribution in [0, 0.1) is 0 Å². The number of hydrogen-bond acceptors (Lipinski definition) is 6. The number of rotatable bonds is 8. The van der Waals surface area contributed by atoms with Crippen LogP contribution in [-0.4, -0.2) is 41.8 Å². The molecule has 0 saturated heterocycles. The van der Waals surface area contributed by atoms with Gasteiger partial charge in [0.2, 0.25) is 10.0 Å². The first-order chi connectivity index (χ1) is 12.4. The number of anilines is 1. The van der Waals surface area contributed by atoms with Gasteiger partial charge in [-0.2, -0.15) is 10.2 Å². The third kappa shape index (κ3) is 5.75. The van der Waals surface area contributed by atoms with E-state index in [1.165, 1.54) is 12.1 Å². The van der Waals surface area contributed by atoms with Crippen molar-refractivity contribution in [1.29, 1.82) is 0 Å². The van der Waals surface area contributed by atoms with Gasteiger partial charge in [0.15, 0.2) is 0 Å². The summed E-state index contributed by atoms with van der Waals surface area (Å²) in [5.41, 5.74) is 2.38. The Kier molecular flexibility index (Phi) is 6.99. The number of sulfonamides is 1. The van der Waals surface area contributed by atoms with Gasteiger partial charge in [-0.05, 0) is 55.5 Å². The number of hydrogen-bond donors (Lipinski definition) is 1. The summed E-state index contributed by atoms with van der Waals surface area (Å²) in [7, 11) is 0.384. The van der Waals surface area contributed by atoms with E-state index in [0.717, 1.165) is 11.4 Å². The zero-order chi connectivity index (χ0) is 19.0. The Labute approximate surface area is 154 Å². The third-order valence-corrected chi connectivity index (χ3v) is 4.91. The van der Waals surface area contributed by atoms with Crippen molar-refractivity contribution in [3.05, 3.63) is 48.5 Å². The molecule has 0 aliphatic carbocycles. The van der Waals surface area contributed by atoms with Crippen LogP contribution in [0.4, 0.5) is 17.1 Å². The van der Waals surface area contributed by atoms with E-state index >= 15 is 0 Å². The van der Waals surface area contributed by atoms with Crippen molar-refractivity contribution in [2.75, 3.05) is 32.1 Å². The number of aliphatic imine (C=N–C) groups is 1. The molecule has 0 bridgehead atoms. The smallest absolute Gasteiger partial charge is 0.240 e. The summed E-state index contributed by atoms with van der Waals surface area (Å²) in [4.78, 5) is 6.15. The number of azo groups is 1. The molecule has 0 aromatic heterocycles. The fraction of sp³-hybridized carbons (Fsp3) is 0.278.